The molecule has 1 N–H and O–H groups in total. The fourth-order valence-corrected chi connectivity index (χ4v) is 1.62. The van der Waals surface area contributed by atoms with E-state index < -0.39 is 9.76 Å². The molecule has 1 rings (SSSR count). The van der Waals surface area contributed by atoms with Gasteiger partial charge in [-0.15, -0.1) is 0 Å². The average Bonchev–Trinajstić information content (AvgIpc) is 2.14. The summed E-state index contributed by atoms with van der Waals surface area (Å²) in [6.45, 7) is 0. The molecule has 0 amide bonds. The lowest BCUT2D eigenvalue weighted by atomic mass is 10.4. The standard InChI is InChI=1S/C5H10OSi/c6-7-5-3-1-2-4-5/h3,6H,1-2,4,7H2. The van der Waals surface area contributed by atoms with E-state index in [1.807, 2.05) is 0 Å². The third-order valence-electron chi connectivity index (χ3n) is 1.34. The summed E-state index contributed by atoms with van der Waals surface area (Å²) in [5.41, 5.74) is 0. The van der Waals surface area contributed by atoms with Crippen LogP contribution in [-0.4, -0.2) is 14.6 Å². The van der Waals surface area contributed by atoms with Crippen LogP contribution in [0.15, 0.2) is 11.3 Å². The van der Waals surface area contributed by atoms with E-state index in [1.54, 1.807) is 0 Å². The molecular weight excluding hydrogens is 104 g/mol. The first kappa shape index (κ1) is 5.06. The molecule has 0 aliphatic heterocycles. The molecule has 1 nitrogen and oxygen atoms in total. The van der Waals surface area contributed by atoms with Gasteiger partial charge in [-0.1, -0.05) is 11.3 Å². The van der Waals surface area contributed by atoms with E-state index in [4.69, 9.17) is 4.80 Å². The highest BCUT2D eigenvalue weighted by Gasteiger charge is 2.00. The van der Waals surface area contributed by atoms with Crippen molar-refractivity contribution < 1.29 is 4.80 Å². The van der Waals surface area contributed by atoms with E-state index in [9.17, 15) is 0 Å². The van der Waals surface area contributed by atoms with Gasteiger partial charge in [0.2, 0.25) is 0 Å². The Bertz CT molecular complexity index is 88.1. The number of hydrogen-bond acceptors (Lipinski definition) is 1. The third kappa shape index (κ3) is 1.14. The highest BCUT2D eigenvalue weighted by molar-refractivity contribution is 6.36. The van der Waals surface area contributed by atoms with Crippen molar-refractivity contribution >= 4 is 9.76 Å². The summed E-state index contributed by atoms with van der Waals surface area (Å²) in [5, 5.41) is 1.36. The fraction of sp³-hybridized carbons (Fsp3) is 0.600. The van der Waals surface area contributed by atoms with Crippen molar-refractivity contribution in [3.8, 4) is 0 Å². The third-order valence-corrected chi connectivity index (χ3v) is 2.39. The van der Waals surface area contributed by atoms with Crippen LogP contribution >= 0.6 is 0 Å². The molecule has 1 aliphatic carbocycles. The summed E-state index contributed by atoms with van der Waals surface area (Å²) in [4.78, 5) is 8.64. The molecule has 0 aromatic rings. The number of allylic oxidation sites excluding steroid dienone is 2. The topological polar surface area (TPSA) is 20.2 Å². The molecule has 0 saturated carbocycles. The van der Waals surface area contributed by atoms with Crippen LogP contribution in [0.2, 0.25) is 0 Å². The summed E-state index contributed by atoms with van der Waals surface area (Å²) >= 11 is 0. The molecule has 0 fully saturated rings. The van der Waals surface area contributed by atoms with E-state index in [0.717, 1.165) is 0 Å². The van der Waals surface area contributed by atoms with Crippen molar-refractivity contribution in [1.82, 2.24) is 0 Å². The minimum Gasteiger partial charge on any atom is -0.434 e. The molecule has 7 heavy (non-hydrogen) atoms. The molecule has 0 bridgehead atoms. The van der Waals surface area contributed by atoms with Crippen LogP contribution in [-0.2, 0) is 0 Å². The van der Waals surface area contributed by atoms with Crippen molar-refractivity contribution in [2.75, 3.05) is 0 Å². The monoisotopic (exact) mass is 114 g/mol. The fourth-order valence-electron chi connectivity index (χ4n) is 0.881. The Morgan fingerprint density at radius 2 is 2.57 bits per heavy atom. The smallest absolute Gasteiger partial charge is 0.183 e. The Hall–Kier alpha value is -0.0831. The summed E-state index contributed by atoms with van der Waals surface area (Å²) in [7, 11) is -0.748. The van der Waals surface area contributed by atoms with Crippen LogP contribution in [0.3, 0.4) is 0 Å². The minimum absolute atomic E-state index is 0.748. The van der Waals surface area contributed by atoms with Gasteiger partial charge in [-0.25, -0.2) is 0 Å². The van der Waals surface area contributed by atoms with Crippen LogP contribution < -0.4 is 0 Å². The summed E-state index contributed by atoms with van der Waals surface area (Å²) < 4.78 is 0. The van der Waals surface area contributed by atoms with Crippen molar-refractivity contribution in [1.29, 1.82) is 0 Å². The number of hydrogen-bond donors (Lipinski definition) is 1. The molecule has 0 heterocycles. The van der Waals surface area contributed by atoms with Crippen molar-refractivity contribution in [2.45, 2.75) is 19.3 Å². The molecule has 0 aromatic carbocycles. The van der Waals surface area contributed by atoms with Gasteiger partial charge in [-0.05, 0) is 19.3 Å². The van der Waals surface area contributed by atoms with E-state index in [2.05, 4.69) is 6.08 Å². The molecule has 0 atom stereocenters. The van der Waals surface area contributed by atoms with Crippen LogP contribution in [0.1, 0.15) is 19.3 Å². The normalized spacial score (nSPS) is 21.6. The molecule has 40 valence electrons. The molecular formula is C5H10OSi. The minimum atomic E-state index is -0.748. The highest BCUT2D eigenvalue weighted by atomic mass is 28.2. The number of rotatable bonds is 1. The average molecular weight is 114 g/mol. The molecule has 0 aromatic heterocycles. The van der Waals surface area contributed by atoms with Crippen LogP contribution in [0.4, 0.5) is 0 Å². The molecule has 0 unspecified atom stereocenters. The zero-order valence-corrected chi connectivity index (χ0v) is 5.77. The van der Waals surface area contributed by atoms with Gasteiger partial charge in [0.15, 0.2) is 9.76 Å². The van der Waals surface area contributed by atoms with E-state index in [0.29, 0.717) is 0 Å². The molecule has 0 saturated heterocycles. The highest BCUT2D eigenvalue weighted by Crippen LogP contribution is 2.14. The molecule has 0 radical (unpaired) electrons. The SMILES string of the molecule is O[SiH2]C1=CCCC1. The lowest BCUT2D eigenvalue weighted by Crippen LogP contribution is -1.88. The Kier molecular flexibility index (Phi) is 1.65. The predicted octanol–water partition coefficient (Wildman–Crippen LogP) is 0.130. The van der Waals surface area contributed by atoms with Gasteiger partial charge in [-0.2, -0.15) is 0 Å². The first-order valence-corrected chi connectivity index (χ1v) is 4.06. The lowest BCUT2D eigenvalue weighted by Gasteiger charge is -1.87. The Labute approximate surface area is 46.0 Å². The molecule has 1 aliphatic rings. The van der Waals surface area contributed by atoms with Gasteiger partial charge in [0.05, 0.1) is 0 Å². The van der Waals surface area contributed by atoms with Gasteiger partial charge in [-0.3, -0.25) is 0 Å². The maximum atomic E-state index is 8.64. The summed E-state index contributed by atoms with van der Waals surface area (Å²) in [6.07, 6.45) is 5.86. The quantitative estimate of drug-likeness (QED) is 0.480. The van der Waals surface area contributed by atoms with Crippen molar-refractivity contribution in [3.63, 3.8) is 0 Å². The van der Waals surface area contributed by atoms with Crippen LogP contribution in [0.5, 0.6) is 0 Å². The predicted molar refractivity (Wildman–Crippen MR) is 32.7 cm³/mol. The van der Waals surface area contributed by atoms with Gasteiger partial charge in [0.1, 0.15) is 0 Å². The van der Waals surface area contributed by atoms with Crippen molar-refractivity contribution in [3.05, 3.63) is 11.3 Å². The van der Waals surface area contributed by atoms with Crippen molar-refractivity contribution in [2.24, 2.45) is 0 Å². The van der Waals surface area contributed by atoms with Crippen LogP contribution in [0.25, 0.3) is 0 Å². The van der Waals surface area contributed by atoms with Gasteiger partial charge in [0.25, 0.3) is 0 Å². The second-order valence-electron chi connectivity index (χ2n) is 1.91. The van der Waals surface area contributed by atoms with Gasteiger partial charge in [0, 0.05) is 0 Å². The van der Waals surface area contributed by atoms with E-state index >= 15 is 0 Å². The lowest BCUT2D eigenvalue weighted by molar-refractivity contribution is 0.608. The van der Waals surface area contributed by atoms with Gasteiger partial charge >= 0.3 is 0 Å². The van der Waals surface area contributed by atoms with E-state index in [1.165, 1.54) is 24.5 Å². The Morgan fingerprint density at radius 1 is 1.71 bits per heavy atom. The Morgan fingerprint density at radius 3 is 2.86 bits per heavy atom. The largest absolute Gasteiger partial charge is 0.434 e. The van der Waals surface area contributed by atoms with Crippen LogP contribution in [0, 0.1) is 0 Å². The van der Waals surface area contributed by atoms with E-state index in [-0.39, 0.29) is 0 Å². The summed E-state index contributed by atoms with van der Waals surface area (Å²) in [6, 6.07) is 0. The molecule has 2 heteroatoms. The maximum Gasteiger partial charge on any atom is 0.183 e. The first-order valence-electron chi connectivity index (χ1n) is 2.72. The zero-order chi connectivity index (χ0) is 5.11. The molecule has 0 spiro atoms. The van der Waals surface area contributed by atoms with Gasteiger partial charge < -0.3 is 4.80 Å². The maximum absolute atomic E-state index is 8.64. The first-order chi connectivity index (χ1) is 3.43. The summed E-state index contributed by atoms with van der Waals surface area (Å²) in [5.74, 6) is 0. The zero-order valence-electron chi connectivity index (χ0n) is 4.35. The second kappa shape index (κ2) is 2.28. The Balaban J connectivity index is 2.36. The second-order valence-corrected chi connectivity index (χ2v) is 3.14.